The van der Waals surface area contributed by atoms with Crippen LogP contribution in [0.1, 0.15) is 67.3 Å². The summed E-state index contributed by atoms with van der Waals surface area (Å²) in [5.74, 6) is 1.27. The highest BCUT2D eigenvalue weighted by Gasteiger charge is 2.30. The van der Waals surface area contributed by atoms with E-state index in [2.05, 4.69) is 5.32 Å². The maximum Gasteiger partial charge on any atom is 0.254 e. The van der Waals surface area contributed by atoms with Crippen LogP contribution in [0.25, 0.3) is 0 Å². The number of carbonyl (C=O) groups is 2. The SMILES string of the molecule is NC1CCC(N(Cc2cc(NC(=O)C3CCCC3)ccc2Cl)C(=O)c2ccc3c(c2)OCO3)CC1. The fourth-order valence-electron chi connectivity index (χ4n) is 5.36. The van der Waals surface area contributed by atoms with E-state index in [0.29, 0.717) is 34.3 Å². The highest BCUT2D eigenvalue weighted by Crippen LogP contribution is 2.35. The first kappa shape index (κ1) is 23.9. The number of nitrogens with zero attached hydrogens (tertiary/aromatic N) is 1. The second kappa shape index (κ2) is 10.5. The van der Waals surface area contributed by atoms with Gasteiger partial charge in [0.15, 0.2) is 11.5 Å². The average Bonchev–Trinajstić information content (AvgIpc) is 3.56. The number of nitrogens with one attached hydrogen (secondary N) is 1. The molecule has 0 radical (unpaired) electrons. The van der Waals surface area contributed by atoms with Gasteiger partial charge >= 0.3 is 0 Å². The standard InChI is InChI=1S/C27H32ClN3O4/c28-23-11-8-21(30-26(32)17-3-1-2-4-17)13-19(23)15-31(22-9-6-20(29)7-10-22)27(33)18-5-12-24-25(14-18)35-16-34-24/h5,8,11-14,17,20,22H,1-4,6-7,9-10,15-16,29H2,(H,30,32). The number of nitrogens with two attached hydrogens (primary N) is 1. The van der Waals surface area contributed by atoms with Crippen LogP contribution >= 0.6 is 11.6 Å². The number of hydrogen-bond acceptors (Lipinski definition) is 5. The molecule has 186 valence electrons. The van der Waals surface area contributed by atoms with Crippen LogP contribution < -0.4 is 20.5 Å². The van der Waals surface area contributed by atoms with Crippen LogP contribution in [0, 0.1) is 5.92 Å². The fourth-order valence-corrected chi connectivity index (χ4v) is 5.54. The van der Waals surface area contributed by atoms with Crippen molar-refractivity contribution in [3.63, 3.8) is 0 Å². The van der Waals surface area contributed by atoms with Gasteiger partial charge in [0.1, 0.15) is 0 Å². The Morgan fingerprint density at radius 3 is 2.49 bits per heavy atom. The van der Waals surface area contributed by atoms with E-state index in [9.17, 15) is 9.59 Å². The van der Waals surface area contributed by atoms with Crippen molar-refractivity contribution in [1.82, 2.24) is 4.90 Å². The number of anilines is 1. The summed E-state index contributed by atoms with van der Waals surface area (Å²) < 4.78 is 10.9. The van der Waals surface area contributed by atoms with Gasteiger partial charge in [-0.05, 0) is 80.5 Å². The zero-order chi connectivity index (χ0) is 24.4. The van der Waals surface area contributed by atoms with Crippen molar-refractivity contribution >= 4 is 29.1 Å². The molecule has 5 rings (SSSR count). The van der Waals surface area contributed by atoms with Gasteiger partial charge in [-0.2, -0.15) is 0 Å². The second-order valence-corrected chi connectivity index (χ2v) is 10.3. The van der Waals surface area contributed by atoms with Crippen molar-refractivity contribution in [2.45, 2.75) is 70.0 Å². The molecule has 0 saturated heterocycles. The Labute approximate surface area is 210 Å². The van der Waals surface area contributed by atoms with Crippen LogP contribution in [0.3, 0.4) is 0 Å². The molecule has 3 N–H and O–H groups in total. The number of ether oxygens (including phenoxy) is 2. The van der Waals surface area contributed by atoms with Crippen LogP contribution in [-0.2, 0) is 11.3 Å². The third-order valence-corrected chi connectivity index (χ3v) is 7.81. The fraction of sp³-hybridized carbons (Fsp3) is 0.481. The third-order valence-electron chi connectivity index (χ3n) is 7.44. The molecule has 7 nitrogen and oxygen atoms in total. The largest absolute Gasteiger partial charge is 0.454 e. The Bertz CT molecular complexity index is 1090. The van der Waals surface area contributed by atoms with E-state index >= 15 is 0 Å². The summed E-state index contributed by atoms with van der Waals surface area (Å²) in [7, 11) is 0. The lowest BCUT2D eigenvalue weighted by Crippen LogP contribution is -2.44. The quantitative estimate of drug-likeness (QED) is 0.578. The lowest BCUT2D eigenvalue weighted by Gasteiger charge is -2.36. The lowest BCUT2D eigenvalue weighted by atomic mass is 9.90. The molecule has 2 fully saturated rings. The Kier molecular flexibility index (Phi) is 7.16. The predicted molar refractivity (Wildman–Crippen MR) is 135 cm³/mol. The van der Waals surface area contributed by atoms with Crippen molar-refractivity contribution in [2.75, 3.05) is 12.1 Å². The number of hydrogen-bond donors (Lipinski definition) is 2. The number of rotatable bonds is 6. The summed E-state index contributed by atoms with van der Waals surface area (Å²) >= 11 is 6.59. The topological polar surface area (TPSA) is 93.9 Å². The minimum Gasteiger partial charge on any atom is -0.454 e. The van der Waals surface area contributed by atoms with Gasteiger partial charge in [0.2, 0.25) is 12.7 Å². The van der Waals surface area contributed by atoms with Crippen molar-refractivity contribution < 1.29 is 19.1 Å². The molecule has 2 amide bonds. The molecule has 35 heavy (non-hydrogen) atoms. The summed E-state index contributed by atoms with van der Waals surface area (Å²) in [6, 6.07) is 11.0. The van der Waals surface area contributed by atoms with Crippen LogP contribution in [0.2, 0.25) is 5.02 Å². The van der Waals surface area contributed by atoms with Gasteiger partial charge in [0.25, 0.3) is 5.91 Å². The Balaban J connectivity index is 1.39. The Morgan fingerprint density at radius 2 is 1.71 bits per heavy atom. The molecule has 2 saturated carbocycles. The lowest BCUT2D eigenvalue weighted by molar-refractivity contribution is -0.119. The number of carbonyl (C=O) groups excluding carboxylic acids is 2. The molecule has 2 aliphatic carbocycles. The van der Waals surface area contributed by atoms with Gasteiger partial charge in [0.05, 0.1) is 0 Å². The van der Waals surface area contributed by atoms with Crippen molar-refractivity contribution in [2.24, 2.45) is 11.7 Å². The predicted octanol–water partition coefficient (Wildman–Crippen LogP) is 5.11. The van der Waals surface area contributed by atoms with Gasteiger partial charge in [0, 0.05) is 40.8 Å². The van der Waals surface area contributed by atoms with Gasteiger partial charge in [-0.15, -0.1) is 0 Å². The summed E-state index contributed by atoms with van der Waals surface area (Å²) in [5.41, 5.74) is 8.21. The van der Waals surface area contributed by atoms with Crippen LogP contribution in [-0.4, -0.2) is 35.6 Å². The van der Waals surface area contributed by atoms with Crippen molar-refractivity contribution in [3.05, 3.63) is 52.5 Å². The van der Waals surface area contributed by atoms with Gasteiger partial charge in [-0.3, -0.25) is 9.59 Å². The third kappa shape index (κ3) is 5.41. The van der Waals surface area contributed by atoms with Crippen LogP contribution in [0.5, 0.6) is 11.5 Å². The summed E-state index contributed by atoms with van der Waals surface area (Å²) in [5, 5.41) is 3.62. The molecular weight excluding hydrogens is 466 g/mol. The molecule has 0 atom stereocenters. The summed E-state index contributed by atoms with van der Waals surface area (Å²) in [4.78, 5) is 28.3. The molecule has 1 aliphatic heterocycles. The van der Waals surface area contributed by atoms with E-state index in [1.54, 1.807) is 24.3 Å². The zero-order valence-corrected chi connectivity index (χ0v) is 20.6. The summed E-state index contributed by atoms with van der Waals surface area (Å²) in [6.07, 6.45) is 7.52. The van der Waals surface area contributed by atoms with Gasteiger partial charge in [-0.1, -0.05) is 24.4 Å². The molecule has 8 heteroatoms. The highest BCUT2D eigenvalue weighted by atomic mass is 35.5. The molecule has 0 unspecified atom stereocenters. The van der Waals surface area contributed by atoms with Gasteiger partial charge < -0.3 is 25.4 Å². The molecule has 3 aliphatic rings. The van der Waals surface area contributed by atoms with Gasteiger partial charge in [-0.25, -0.2) is 0 Å². The van der Waals surface area contributed by atoms with Crippen molar-refractivity contribution in [1.29, 1.82) is 0 Å². The maximum absolute atomic E-state index is 13.8. The normalized spacial score (nSPS) is 21.7. The Morgan fingerprint density at radius 1 is 0.971 bits per heavy atom. The smallest absolute Gasteiger partial charge is 0.254 e. The monoisotopic (exact) mass is 497 g/mol. The highest BCUT2D eigenvalue weighted by molar-refractivity contribution is 6.31. The average molecular weight is 498 g/mol. The molecule has 0 spiro atoms. The number of halogens is 1. The van der Waals surface area contributed by atoms with E-state index in [1.807, 2.05) is 17.0 Å². The molecule has 0 aromatic heterocycles. The zero-order valence-electron chi connectivity index (χ0n) is 19.8. The van der Waals surface area contributed by atoms with E-state index in [-0.39, 0.29) is 36.6 Å². The van der Waals surface area contributed by atoms with E-state index in [4.69, 9.17) is 26.8 Å². The minimum atomic E-state index is -0.0831. The minimum absolute atomic E-state index is 0.0560. The first-order valence-corrected chi connectivity index (χ1v) is 12.9. The molecule has 0 bridgehead atoms. The first-order chi connectivity index (χ1) is 17.0. The number of amides is 2. The molecular formula is C27H32ClN3O4. The van der Waals surface area contributed by atoms with E-state index in [1.165, 1.54) is 0 Å². The number of fused-ring (bicyclic) bond motifs is 1. The molecule has 1 heterocycles. The van der Waals surface area contributed by atoms with Crippen LogP contribution in [0.15, 0.2) is 36.4 Å². The molecule has 2 aromatic rings. The Hall–Kier alpha value is -2.77. The maximum atomic E-state index is 13.8. The molecule has 2 aromatic carbocycles. The van der Waals surface area contributed by atoms with E-state index in [0.717, 1.165) is 56.9 Å². The summed E-state index contributed by atoms with van der Waals surface area (Å²) in [6.45, 7) is 0.505. The first-order valence-electron chi connectivity index (χ1n) is 12.5. The van der Waals surface area contributed by atoms with E-state index < -0.39 is 0 Å². The van der Waals surface area contributed by atoms with Crippen LogP contribution in [0.4, 0.5) is 5.69 Å². The number of benzene rings is 2. The second-order valence-electron chi connectivity index (χ2n) is 9.85. The van der Waals surface area contributed by atoms with Crippen molar-refractivity contribution in [3.8, 4) is 11.5 Å².